The number of rotatable bonds is 6. The van der Waals surface area contributed by atoms with Crippen molar-refractivity contribution in [2.75, 3.05) is 6.61 Å². The highest BCUT2D eigenvalue weighted by atomic mass is 32.1. The van der Waals surface area contributed by atoms with Crippen molar-refractivity contribution >= 4 is 11.5 Å². The second-order valence-electron chi connectivity index (χ2n) is 4.59. The van der Waals surface area contributed by atoms with E-state index in [1.54, 1.807) is 0 Å². The molecule has 0 amide bonds. The van der Waals surface area contributed by atoms with Gasteiger partial charge in [-0.15, -0.1) is 0 Å². The fourth-order valence-electron chi connectivity index (χ4n) is 1.62. The zero-order chi connectivity index (χ0) is 14.5. The molecule has 1 heterocycles. The molecule has 0 bridgehead atoms. The quantitative estimate of drug-likeness (QED) is 0.884. The van der Waals surface area contributed by atoms with Crippen molar-refractivity contribution in [2.24, 2.45) is 5.73 Å². The summed E-state index contributed by atoms with van der Waals surface area (Å²) in [6, 6.07) is 5.66. The number of aromatic nitrogens is 2. The molecular weight excluding hydrogens is 274 g/mol. The standard InChI is InChI=1S/C14H19N3O2S/c1-4-18-12-7-10(8-15)5-6-11(12)19-14-16-13(9(2)3)17-20-14/h5-7,9H,4,8,15H2,1-3H3. The van der Waals surface area contributed by atoms with Crippen LogP contribution in [-0.2, 0) is 6.54 Å². The van der Waals surface area contributed by atoms with E-state index >= 15 is 0 Å². The summed E-state index contributed by atoms with van der Waals surface area (Å²) in [5.74, 6) is 2.39. The molecule has 0 aliphatic heterocycles. The molecule has 1 aromatic heterocycles. The van der Waals surface area contributed by atoms with Crippen LogP contribution in [0.15, 0.2) is 18.2 Å². The van der Waals surface area contributed by atoms with Crippen molar-refractivity contribution in [2.45, 2.75) is 33.2 Å². The molecule has 0 saturated carbocycles. The lowest BCUT2D eigenvalue weighted by Gasteiger charge is -2.10. The Morgan fingerprint density at radius 2 is 2.10 bits per heavy atom. The van der Waals surface area contributed by atoms with Gasteiger partial charge in [0.1, 0.15) is 5.82 Å². The Morgan fingerprint density at radius 1 is 1.30 bits per heavy atom. The molecule has 108 valence electrons. The largest absolute Gasteiger partial charge is 0.490 e. The molecule has 5 nitrogen and oxygen atoms in total. The SMILES string of the molecule is CCOc1cc(CN)ccc1Oc1nc(C(C)C)ns1. The second kappa shape index (κ2) is 6.67. The predicted molar refractivity (Wildman–Crippen MR) is 79.6 cm³/mol. The van der Waals surface area contributed by atoms with E-state index in [-0.39, 0.29) is 5.92 Å². The van der Waals surface area contributed by atoms with Crippen LogP contribution in [0.1, 0.15) is 38.1 Å². The van der Waals surface area contributed by atoms with Gasteiger partial charge in [-0.3, -0.25) is 0 Å². The van der Waals surface area contributed by atoms with Crippen molar-refractivity contribution in [1.29, 1.82) is 0 Å². The molecule has 1 aromatic carbocycles. The van der Waals surface area contributed by atoms with Gasteiger partial charge in [0.25, 0.3) is 5.19 Å². The zero-order valence-electron chi connectivity index (χ0n) is 11.9. The van der Waals surface area contributed by atoms with Crippen LogP contribution in [-0.4, -0.2) is 16.0 Å². The Bertz CT molecular complexity index is 569. The molecule has 2 rings (SSSR count). The molecule has 0 aliphatic rings. The maximum absolute atomic E-state index is 5.77. The van der Waals surface area contributed by atoms with Gasteiger partial charge in [-0.1, -0.05) is 19.9 Å². The van der Waals surface area contributed by atoms with E-state index in [1.807, 2.05) is 39.0 Å². The minimum absolute atomic E-state index is 0.287. The van der Waals surface area contributed by atoms with Crippen LogP contribution >= 0.6 is 11.5 Å². The van der Waals surface area contributed by atoms with Crippen LogP contribution in [0.5, 0.6) is 16.7 Å². The van der Waals surface area contributed by atoms with Crippen LogP contribution < -0.4 is 15.2 Å². The van der Waals surface area contributed by atoms with Gasteiger partial charge < -0.3 is 15.2 Å². The van der Waals surface area contributed by atoms with Gasteiger partial charge in [0.05, 0.1) is 6.61 Å². The smallest absolute Gasteiger partial charge is 0.298 e. The van der Waals surface area contributed by atoms with Gasteiger partial charge in [-0.25, -0.2) is 0 Å². The summed E-state index contributed by atoms with van der Waals surface area (Å²) >= 11 is 1.25. The first-order valence-electron chi connectivity index (χ1n) is 6.61. The maximum Gasteiger partial charge on any atom is 0.298 e. The van der Waals surface area contributed by atoms with Gasteiger partial charge in [0, 0.05) is 24.0 Å². The van der Waals surface area contributed by atoms with Crippen LogP contribution in [0.4, 0.5) is 0 Å². The summed E-state index contributed by atoms with van der Waals surface area (Å²) in [6.45, 7) is 7.07. The van der Waals surface area contributed by atoms with Gasteiger partial charge in [-0.05, 0) is 24.6 Å². The van der Waals surface area contributed by atoms with Crippen LogP contribution in [0.2, 0.25) is 0 Å². The predicted octanol–water partition coefficient (Wildman–Crippen LogP) is 3.31. The van der Waals surface area contributed by atoms with Crippen LogP contribution in [0.3, 0.4) is 0 Å². The Labute approximate surface area is 122 Å². The van der Waals surface area contributed by atoms with Crippen molar-refractivity contribution in [1.82, 2.24) is 9.36 Å². The molecule has 20 heavy (non-hydrogen) atoms. The van der Waals surface area contributed by atoms with Crippen LogP contribution in [0, 0.1) is 0 Å². The summed E-state index contributed by atoms with van der Waals surface area (Å²) in [5, 5.41) is 0.523. The molecule has 0 saturated heterocycles. The van der Waals surface area contributed by atoms with E-state index in [1.165, 1.54) is 11.5 Å². The fraction of sp³-hybridized carbons (Fsp3) is 0.429. The molecule has 6 heteroatoms. The molecule has 0 radical (unpaired) electrons. The van der Waals surface area contributed by atoms with E-state index in [9.17, 15) is 0 Å². The highest BCUT2D eigenvalue weighted by Gasteiger charge is 2.12. The van der Waals surface area contributed by atoms with E-state index in [0.717, 1.165) is 11.4 Å². The van der Waals surface area contributed by atoms with E-state index in [0.29, 0.717) is 29.8 Å². The molecule has 0 atom stereocenters. The third-order valence-electron chi connectivity index (χ3n) is 2.68. The Balaban J connectivity index is 2.22. The summed E-state index contributed by atoms with van der Waals surface area (Å²) in [6.07, 6.45) is 0. The molecule has 0 unspecified atom stereocenters. The zero-order valence-corrected chi connectivity index (χ0v) is 12.7. The molecule has 0 aliphatic carbocycles. The number of hydrogen-bond donors (Lipinski definition) is 1. The first-order chi connectivity index (χ1) is 9.63. The monoisotopic (exact) mass is 293 g/mol. The summed E-state index contributed by atoms with van der Waals surface area (Å²) in [5.41, 5.74) is 6.64. The number of hydrogen-bond acceptors (Lipinski definition) is 6. The highest BCUT2D eigenvalue weighted by molar-refractivity contribution is 7.07. The van der Waals surface area contributed by atoms with Crippen molar-refractivity contribution in [3.05, 3.63) is 29.6 Å². The number of nitrogens with two attached hydrogens (primary N) is 1. The van der Waals surface area contributed by atoms with E-state index in [2.05, 4.69) is 9.36 Å². The third-order valence-corrected chi connectivity index (χ3v) is 3.29. The molecular formula is C14H19N3O2S. The lowest BCUT2D eigenvalue weighted by Crippen LogP contribution is -2.00. The highest BCUT2D eigenvalue weighted by Crippen LogP contribution is 2.33. The minimum Gasteiger partial charge on any atom is -0.490 e. The van der Waals surface area contributed by atoms with Gasteiger partial charge in [-0.2, -0.15) is 9.36 Å². The number of ether oxygens (including phenoxy) is 2. The lowest BCUT2D eigenvalue weighted by atomic mass is 10.2. The van der Waals surface area contributed by atoms with Crippen molar-refractivity contribution in [3.63, 3.8) is 0 Å². The Hall–Kier alpha value is -1.66. The first kappa shape index (κ1) is 14.7. The number of nitrogens with zero attached hydrogens (tertiary/aromatic N) is 2. The maximum atomic E-state index is 5.77. The van der Waals surface area contributed by atoms with Crippen molar-refractivity contribution < 1.29 is 9.47 Å². The first-order valence-corrected chi connectivity index (χ1v) is 7.38. The van der Waals surface area contributed by atoms with Crippen LogP contribution in [0.25, 0.3) is 0 Å². The number of benzene rings is 1. The molecule has 0 spiro atoms. The van der Waals surface area contributed by atoms with Gasteiger partial charge >= 0.3 is 0 Å². The molecule has 2 aromatic rings. The summed E-state index contributed by atoms with van der Waals surface area (Å²) in [7, 11) is 0. The van der Waals surface area contributed by atoms with Crippen molar-refractivity contribution in [3.8, 4) is 16.7 Å². The van der Waals surface area contributed by atoms with Gasteiger partial charge in [0.2, 0.25) is 0 Å². The lowest BCUT2D eigenvalue weighted by molar-refractivity contribution is 0.320. The fourth-order valence-corrected chi connectivity index (χ4v) is 2.31. The van der Waals surface area contributed by atoms with E-state index in [4.69, 9.17) is 15.2 Å². The average molecular weight is 293 g/mol. The summed E-state index contributed by atoms with van der Waals surface area (Å²) in [4.78, 5) is 4.35. The molecule has 0 fully saturated rings. The Kier molecular flexibility index (Phi) is 4.92. The van der Waals surface area contributed by atoms with Gasteiger partial charge in [0.15, 0.2) is 11.5 Å². The second-order valence-corrected chi connectivity index (χ2v) is 5.31. The molecule has 2 N–H and O–H groups in total. The average Bonchev–Trinajstić information content (AvgIpc) is 2.90. The van der Waals surface area contributed by atoms with E-state index < -0.39 is 0 Å². The topological polar surface area (TPSA) is 70.3 Å². The normalized spacial score (nSPS) is 10.8. The minimum atomic E-state index is 0.287. The third kappa shape index (κ3) is 3.46. The summed E-state index contributed by atoms with van der Waals surface area (Å²) < 4.78 is 15.6. The Morgan fingerprint density at radius 3 is 2.70 bits per heavy atom.